The Kier molecular flexibility index (Phi) is 4.75. The van der Waals surface area contributed by atoms with E-state index in [4.69, 9.17) is 9.97 Å². The third-order valence-electron chi connectivity index (χ3n) is 6.17. The lowest BCUT2D eigenvalue weighted by atomic mass is 10.00. The minimum absolute atomic E-state index is 0.0507. The van der Waals surface area contributed by atoms with Crippen LogP contribution in [0.2, 0.25) is 0 Å². The highest BCUT2D eigenvalue weighted by Crippen LogP contribution is 2.29. The van der Waals surface area contributed by atoms with E-state index in [2.05, 4.69) is 58.3 Å². The van der Waals surface area contributed by atoms with Crippen LogP contribution in [0.25, 0.3) is 22.5 Å². The summed E-state index contributed by atoms with van der Waals surface area (Å²) in [7, 11) is 0. The molecule has 0 radical (unpaired) electrons. The normalized spacial score (nSPS) is 18.0. The SMILES string of the molecule is C[C@H](Nc1nc(NC2CC2)n2ncc(/C=C3\CC(=O)NC3=O)c2n1)c1cccc2ccccc12. The lowest BCUT2D eigenvalue weighted by Gasteiger charge is -2.17. The number of amides is 2. The van der Waals surface area contributed by atoms with Crippen LogP contribution in [0.15, 0.2) is 54.2 Å². The molecule has 2 amide bonds. The molecule has 2 aliphatic rings. The number of imide groups is 1. The quantitative estimate of drug-likeness (QED) is 0.303. The summed E-state index contributed by atoms with van der Waals surface area (Å²) >= 11 is 0. The maximum absolute atomic E-state index is 12.1. The zero-order valence-electron chi connectivity index (χ0n) is 18.6. The van der Waals surface area contributed by atoms with Gasteiger partial charge >= 0.3 is 0 Å². The lowest BCUT2D eigenvalue weighted by molar-refractivity contribution is -0.124. The summed E-state index contributed by atoms with van der Waals surface area (Å²) < 4.78 is 1.65. The van der Waals surface area contributed by atoms with Crippen LogP contribution in [0.4, 0.5) is 11.9 Å². The minimum Gasteiger partial charge on any atom is -0.351 e. The van der Waals surface area contributed by atoms with E-state index in [1.54, 1.807) is 16.8 Å². The van der Waals surface area contributed by atoms with Crippen molar-refractivity contribution in [1.82, 2.24) is 24.9 Å². The molecule has 2 aromatic carbocycles. The second-order valence-electron chi connectivity index (χ2n) is 8.78. The van der Waals surface area contributed by atoms with Crippen molar-refractivity contribution in [3.05, 3.63) is 65.4 Å². The zero-order chi connectivity index (χ0) is 23.2. The van der Waals surface area contributed by atoms with Gasteiger partial charge in [0.25, 0.3) is 5.91 Å². The van der Waals surface area contributed by atoms with Crippen molar-refractivity contribution in [2.75, 3.05) is 10.6 Å². The van der Waals surface area contributed by atoms with Gasteiger partial charge in [-0.1, -0.05) is 42.5 Å². The minimum atomic E-state index is -0.377. The van der Waals surface area contributed by atoms with Crippen LogP contribution in [0, 0.1) is 0 Å². The van der Waals surface area contributed by atoms with Gasteiger partial charge in [-0.2, -0.15) is 19.6 Å². The summed E-state index contributed by atoms with van der Waals surface area (Å²) in [5.41, 5.74) is 2.76. The van der Waals surface area contributed by atoms with E-state index in [1.807, 2.05) is 12.1 Å². The fourth-order valence-electron chi connectivity index (χ4n) is 4.27. The van der Waals surface area contributed by atoms with Gasteiger partial charge in [0.15, 0.2) is 5.65 Å². The van der Waals surface area contributed by atoms with E-state index in [0.29, 0.717) is 34.7 Å². The Bertz CT molecular complexity index is 1480. The molecule has 9 nitrogen and oxygen atoms in total. The zero-order valence-corrected chi connectivity index (χ0v) is 18.6. The Morgan fingerprint density at radius 3 is 2.74 bits per heavy atom. The van der Waals surface area contributed by atoms with Crippen LogP contribution in [0.3, 0.4) is 0 Å². The van der Waals surface area contributed by atoms with E-state index >= 15 is 0 Å². The summed E-state index contributed by atoms with van der Waals surface area (Å²) in [4.78, 5) is 33.1. The Labute approximate surface area is 195 Å². The van der Waals surface area contributed by atoms with Crippen molar-refractivity contribution in [3.63, 3.8) is 0 Å². The van der Waals surface area contributed by atoms with Crippen LogP contribution in [0.1, 0.15) is 43.4 Å². The molecule has 34 heavy (non-hydrogen) atoms. The van der Waals surface area contributed by atoms with E-state index < -0.39 is 0 Å². The van der Waals surface area contributed by atoms with Crippen molar-refractivity contribution in [2.45, 2.75) is 38.3 Å². The van der Waals surface area contributed by atoms with Gasteiger partial charge in [0.05, 0.1) is 18.7 Å². The number of nitrogens with one attached hydrogen (secondary N) is 3. The third kappa shape index (κ3) is 3.75. The molecule has 0 bridgehead atoms. The fraction of sp³-hybridized carbons (Fsp3) is 0.240. The summed E-state index contributed by atoms with van der Waals surface area (Å²) in [6, 6.07) is 14.9. The highest BCUT2D eigenvalue weighted by Gasteiger charge is 2.26. The van der Waals surface area contributed by atoms with Crippen LogP contribution in [0.5, 0.6) is 0 Å². The van der Waals surface area contributed by atoms with Crippen molar-refractivity contribution in [2.24, 2.45) is 0 Å². The summed E-state index contributed by atoms with van der Waals surface area (Å²) in [5, 5.41) is 16.0. The number of fused-ring (bicyclic) bond motifs is 2. The molecule has 0 spiro atoms. The van der Waals surface area contributed by atoms with Crippen LogP contribution < -0.4 is 16.0 Å². The first-order valence-corrected chi connectivity index (χ1v) is 11.4. The largest absolute Gasteiger partial charge is 0.351 e. The maximum Gasteiger partial charge on any atom is 0.254 e. The van der Waals surface area contributed by atoms with Gasteiger partial charge in [-0.3, -0.25) is 14.9 Å². The molecular formula is C25H23N7O2. The topological polar surface area (TPSA) is 113 Å². The predicted octanol–water partition coefficient (Wildman–Crippen LogP) is 3.45. The summed E-state index contributed by atoms with van der Waals surface area (Å²) in [6.45, 7) is 2.08. The van der Waals surface area contributed by atoms with Gasteiger partial charge in [0.2, 0.25) is 17.8 Å². The van der Waals surface area contributed by atoms with Crippen LogP contribution in [-0.4, -0.2) is 37.4 Å². The predicted molar refractivity (Wildman–Crippen MR) is 129 cm³/mol. The number of rotatable bonds is 6. The van der Waals surface area contributed by atoms with E-state index in [-0.39, 0.29) is 24.3 Å². The summed E-state index contributed by atoms with van der Waals surface area (Å²) in [6.07, 6.45) is 5.54. The highest BCUT2D eigenvalue weighted by molar-refractivity contribution is 6.15. The molecule has 1 atom stereocenters. The molecule has 9 heteroatoms. The molecule has 1 saturated carbocycles. The second-order valence-corrected chi connectivity index (χ2v) is 8.78. The number of hydrogen-bond donors (Lipinski definition) is 3. The highest BCUT2D eigenvalue weighted by atomic mass is 16.2. The smallest absolute Gasteiger partial charge is 0.254 e. The van der Waals surface area contributed by atoms with Crippen LogP contribution in [-0.2, 0) is 9.59 Å². The number of anilines is 2. The number of nitrogens with zero attached hydrogens (tertiary/aromatic N) is 4. The van der Waals surface area contributed by atoms with Gasteiger partial charge in [0, 0.05) is 17.2 Å². The van der Waals surface area contributed by atoms with Gasteiger partial charge < -0.3 is 10.6 Å². The molecular weight excluding hydrogens is 430 g/mol. The first kappa shape index (κ1) is 20.3. The molecule has 2 aromatic heterocycles. The molecule has 0 unspecified atom stereocenters. The Morgan fingerprint density at radius 2 is 1.94 bits per heavy atom. The number of benzene rings is 2. The second kappa shape index (κ2) is 7.95. The maximum atomic E-state index is 12.1. The van der Waals surface area contributed by atoms with Gasteiger partial charge in [0.1, 0.15) is 0 Å². The molecule has 1 saturated heterocycles. The number of carbonyl (C=O) groups is 2. The average molecular weight is 454 g/mol. The lowest BCUT2D eigenvalue weighted by Crippen LogP contribution is -2.19. The van der Waals surface area contributed by atoms with Gasteiger partial charge in [-0.05, 0) is 42.2 Å². The van der Waals surface area contributed by atoms with E-state index in [1.165, 1.54) is 10.8 Å². The Hall–Kier alpha value is -4.27. The summed E-state index contributed by atoms with van der Waals surface area (Å²) in [5.74, 6) is 0.377. The van der Waals surface area contributed by atoms with Gasteiger partial charge in [-0.25, -0.2) is 0 Å². The number of aromatic nitrogens is 4. The standard InChI is InChI=1S/C25H23N7O2/c1-14(19-8-4-6-15-5-2-3-7-20(15)19)27-24-30-22-17(11-16-12-21(33)29-23(16)34)13-26-32(22)25(31-24)28-18-9-10-18/h2-8,11,13-14,18H,9-10,12H2,1H3,(H,29,33,34)(H2,27,28,30,31)/b16-11+/t14-/m0/s1. The Balaban J connectivity index is 1.40. The van der Waals surface area contributed by atoms with Crippen molar-refractivity contribution < 1.29 is 9.59 Å². The van der Waals surface area contributed by atoms with Crippen LogP contribution >= 0.6 is 0 Å². The number of hydrogen-bond acceptors (Lipinski definition) is 7. The third-order valence-corrected chi connectivity index (χ3v) is 6.17. The van der Waals surface area contributed by atoms with E-state index in [0.717, 1.165) is 18.4 Å². The van der Waals surface area contributed by atoms with Gasteiger partial charge in [-0.15, -0.1) is 0 Å². The van der Waals surface area contributed by atoms with Crippen molar-refractivity contribution in [1.29, 1.82) is 0 Å². The molecule has 170 valence electrons. The molecule has 4 aromatic rings. The fourth-order valence-corrected chi connectivity index (χ4v) is 4.27. The number of carbonyl (C=O) groups excluding carboxylic acids is 2. The first-order valence-electron chi connectivity index (χ1n) is 11.4. The first-order chi connectivity index (χ1) is 16.5. The van der Waals surface area contributed by atoms with Crippen molar-refractivity contribution >= 4 is 46.2 Å². The van der Waals surface area contributed by atoms with E-state index in [9.17, 15) is 9.59 Å². The monoisotopic (exact) mass is 453 g/mol. The average Bonchev–Trinajstić information content (AvgIpc) is 3.47. The molecule has 2 fully saturated rings. The molecule has 6 rings (SSSR count). The molecule has 1 aliphatic heterocycles. The molecule has 1 aliphatic carbocycles. The molecule has 3 heterocycles. The molecule has 3 N–H and O–H groups in total. The Morgan fingerprint density at radius 1 is 1.12 bits per heavy atom. The van der Waals surface area contributed by atoms with Crippen molar-refractivity contribution in [3.8, 4) is 0 Å².